The van der Waals surface area contributed by atoms with Crippen LogP contribution in [0.4, 0.5) is 5.69 Å². The van der Waals surface area contributed by atoms with E-state index in [0.29, 0.717) is 6.61 Å². The van der Waals surface area contributed by atoms with E-state index in [1.54, 1.807) is 0 Å². The van der Waals surface area contributed by atoms with Crippen molar-refractivity contribution in [2.75, 3.05) is 5.32 Å². The second kappa shape index (κ2) is 8.27. The van der Waals surface area contributed by atoms with Crippen LogP contribution in [-0.4, -0.2) is 10.9 Å². The number of para-hydroxylation sites is 1. The van der Waals surface area contributed by atoms with E-state index in [1.807, 2.05) is 91.1 Å². The van der Waals surface area contributed by atoms with Gasteiger partial charge in [0.1, 0.15) is 12.4 Å². The van der Waals surface area contributed by atoms with Crippen molar-refractivity contribution in [1.82, 2.24) is 4.98 Å². The summed E-state index contributed by atoms with van der Waals surface area (Å²) in [5, 5.41) is 3.95. The second-order valence-electron chi connectivity index (χ2n) is 6.41. The van der Waals surface area contributed by atoms with Crippen molar-refractivity contribution >= 4 is 28.6 Å². The SMILES string of the molecule is O=C(/C=C/c1c[nH]c2ccccc12)Nc1ccc(OCc2ccccc2)cc1. The first kappa shape index (κ1) is 17.6. The number of nitrogens with one attached hydrogen (secondary N) is 2. The molecule has 4 aromatic rings. The number of hydrogen-bond acceptors (Lipinski definition) is 2. The average Bonchev–Trinajstić information content (AvgIpc) is 3.16. The summed E-state index contributed by atoms with van der Waals surface area (Å²) in [6.07, 6.45) is 5.24. The highest BCUT2D eigenvalue weighted by atomic mass is 16.5. The Hall–Kier alpha value is -3.79. The largest absolute Gasteiger partial charge is 0.489 e. The molecule has 0 unspecified atom stereocenters. The summed E-state index contributed by atoms with van der Waals surface area (Å²) in [6.45, 7) is 0.514. The number of H-pyrrole nitrogens is 1. The molecule has 0 aliphatic heterocycles. The molecule has 0 saturated carbocycles. The van der Waals surface area contributed by atoms with E-state index in [9.17, 15) is 4.79 Å². The molecule has 28 heavy (non-hydrogen) atoms. The van der Waals surface area contributed by atoms with E-state index in [-0.39, 0.29) is 5.91 Å². The summed E-state index contributed by atoms with van der Waals surface area (Å²) in [4.78, 5) is 15.4. The van der Waals surface area contributed by atoms with Gasteiger partial charge in [-0.3, -0.25) is 4.79 Å². The van der Waals surface area contributed by atoms with E-state index in [1.165, 1.54) is 6.08 Å². The number of hydrogen-bond donors (Lipinski definition) is 2. The van der Waals surface area contributed by atoms with Crippen molar-refractivity contribution < 1.29 is 9.53 Å². The molecule has 1 amide bonds. The Balaban J connectivity index is 1.34. The number of amides is 1. The number of anilines is 1. The van der Waals surface area contributed by atoms with Crippen molar-refractivity contribution in [2.24, 2.45) is 0 Å². The zero-order valence-corrected chi connectivity index (χ0v) is 15.3. The standard InChI is InChI=1S/C24H20N2O2/c27-24(15-10-19-16-25-23-9-5-4-8-22(19)23)26-20-11-13-21(14-12-20)28-17-18-6-2-1-3-7-18/h1-16,25H,17H2,(H,26,27)/b15-10+. The normalized spacial score (nSPS) is 11.0. The van der Waals surface area contributed by atoms with Crippen LogP contribution in [0.1, 0.15) is 11.1 Å². The topological polar surface area (TPSA) is 54.1 Å². The molecule has 0 spiro atoms. The Labute approximate surface area is 163 Å². The highest BCUT2D eigenvalue weighted by Crippen LogP contribution is 2.20. The third kappa shape index (κ3) is 4.30. The molecule has 0 bridgehead atoms. The molecule has 0 atom stereocenters. The molecule has 0 aliphatic rings. The monoisotopic (exact) mass is 368 g/mol. The van der Waals surface area contributed by atoms with Crippen LogP contribution in [0.15, 0.2) is 91.1 Å². The summed E-state index contributed by atoms with van der Waals surface area (Å²) in [5.41, 5.74) is 3.87. The van der Waals surface area contributed by atoms with Crippen molar-refractivity contribution in [2.45, 2.75) is 6.61 Å². The van der Waals surface area contributed by atoms with Crippen LogP contribution in [0.2, 0.25) is 0 Å². The second-order valence-corrected chi connectivity index (χ2v) is 6.41. The van der Waals surface area contributed by atoms with E-state index < -0.39 is 0 Å². The van der Waals surface area contributed by atoms with Crippen LogP contribution in [-0.2, 0) is 11.4 Å². The van der Waals surface area contributed by atoms with E-state index >= 15 is 0 Å². The molecule has 0 fully saturated rings. The number of fused-ring (bicyclic) bond motifs is 1. The molecular weight excluding hydrogens is 348 g/mol. The van der Waals surface area contributed by atoms with Gasteiger partial charge < -0.3 is 15.0 Å². The number of benzene rings is 3. The van der Waals surface area contributed by atoms with Gasteiger partial charge in [0.25, 0.3) is 0 Å². The Bertz CT molecular complexity index is 1100. The van der Waals surface area contributed by atoms with Crippen LogP contribution >= 0.6 is 0 Å². The van der Waals surface area contributed by atoms with E-state index in [2.05, 4.69) is 10.3 Å². The fraction of sp³-hybridized carbons (Fsp3) is 0.0417. The molecule has 1 aromatic heterocycles. The van der Waals surface area contributed by atoms with Crippen LogP contribution < -0.4 is 10.1 Å². The fourth-order valence-corrected chi connectivity index (χ4v) is 2.96. The molecule has 1 heterocycles. The molecule has 4 heteroatoms. The number of ether oxygens (including phenoxy) is 1. The number of aromatic nitrogens is 1. The summed E-state index contributed by atoms with van der Waals surface area (Å²) in [6, 6.07) is 25.4. The lowest BCUT2D eigenvalue weighted by atomic mass is 10.1. The predicted molar refractivity (Wildman–Crippen MR) is 113 cm³/mol. The maximum Gasteiger partial charge on any atom is 0.248 e. The Morgan fingerprint density at radius 2 is 1.68 bits per heavy atom. The smallest absolute Gasteiger partial charge is 0.248 e. The Kier molecular flexibility index (Phi) is 5.20. The van der Waals surface area contributed by atoms with Gasteiger partial charge in [-0.2, -0.15) is 0 Å². The minimum Gasteiger partial charge on any atom is -0.489 e. The van der Waals surface area contributed by atoms with Gasteiger partial charge in [-0.15, -0.1) is 0 Å². The van der Waals surface area contributed by atoms with Crippen LogP contribution in [0.5, 0.6) is 5.75 Å². The van der Waals surface area contributed by atoms with Crippen molar-refractivity contribution in [3.05, 3.63) is 102 Å². The number of carbonyl (C=O) groups excluding carboxylic acids is 1. The number of rotatable bonds is 6. The van der Waals surface area contributed by atoms with E-state index in [4.69, 9.17) is 4.74 Å². The highest BCUT2D eigenvalue weighted by molar-refractivity contribution is 6.03. The van der Waals surface area contributed by atoms with Crippen LogP contribution in [0.3, 0.4) is 0 Å². The summed E-state index contributed by atoms with van der Waals surface area (Å²) >= 11 is 0. The molecule has 4 rings (SSSR count). The molecule has 3 aromatic carbocycles. The van der Waals surface area contributed by atoms with Gasteiger partial charge in [0, 0.05) is 28.9 Å². The van der Waals surface area contributed by atoms with Crippen molar-refractivity contribution in [3.8, 4) is 5.75 Å². The predicted octanol–water partition coefficient (Wildman–Crippen LogP) is 5.40. The summed E-state index contributed by atoms with van der Waals surface area (Å²) < 4.78 is 5.76. The first-order chi connectivity index (χ1) is 13.8. The summed E-state index contributed by atoms with van der Waals surface area (Å²) in [5.74, 6) is 0.583. The van der Waals surface area contributed by atoms with Gasteiger partial charge in [-0.05, 0) is 47.5 Å². The maximum absolute atomic E-state index is 12.2. The molecule has 0 aliphatic carbocycles. The zero-order chi connectivity index (χ0) is 19.2. The molecule has 138 valence electrons. The summed E-state index contributed by atoms with van der Waals surface area (Å²) in [7, 11) is 0. The van der Waals surface area contributed by atoms with Gasteiger partial charge in [0.2, 0.25) is 5.91 Å². The lowest BCUT2D eigenvalue weighted by Crippen LogP contribution is -2.07. The number of carbonyl (C=O) groups is 1. The maximum atomic E-state index is 12.2. The lowest BCUT2D eigenvalue weighted by Gasteiger charge is -2.07. The van der Waals surface area contributed by atoms with Crippen molar-refractivity contribution in [3.63, 3.8) is 0 Å². The average molecular weight is 368 g/mol. The lowest BCUT2D eigenvalue weighted by molar-refractivity contribution is -0.111. The quantitative estimate of drug-likeness (QED) is 0.448. The first-order valence-electron chi connectivity index (χ1n) is 9.10. The van der Waals surface area contributed by atoms with E-state index in [0.717, 1.165) is 33.5 Å². The Morgan fingerprint density at radius 3 is 2.50 bits per heavy atom. The first-order valence-corrected chi connectivity index (χ1v) is 9.10. The van der Waals surface area contributed by atoms with Crippen LogP contribution in [0, 0.1) is 0 Å². The third-order valence-electron chi connectivity index (χ3n) is 4.41. The van der Waals surface area contributed by atoms with Crippen molar-refractivity contribution in [1.29, 1.82) is 0 Å². The fourth-order valence-electron chi connectivity index (χ4n) is 2.96. The van der Waals surface area contributed by atoms with Crippen LogP contribution in [0.25, 0.3) is 17.0 Å². The molecular formula is C24H20N2O2. The van der Waals surface area contributed by atoms with Gasteiger partial charge >= 0.3 is 0 Å². The molecule has 0 saturated heterocycles. The Morgan fingerprint density at radius 1 is 0.929 bits per heavy atom. The van der Waals surface area contributed by atoms with Gasteiger partial charge in [0.05, 0.1) is 0 Å². The third-order valence-corrected chi connectivity index (χ3v) is 4.41. The number of aromatic amines is 1. The van der Waals surface area contributed by atoms with Gasteiger partial charge in [0.15, 0.2) is 0 Å². The minimum absolute atomic E-state index is 0.178. The highest BCUT2D eigenvalue weighted by Gasteiger charge is 2.02. The van der Waals surface area contributed by atoms with Gasteiger partial charge in [-0.25, -0.2) is 0 Å². The molecule has 0 radical (unpaired) electrons. The minimum atomic E-state index is -0.178. The molecule has 2 N–H and O–H groups in total. The van der Waals surface area contributed by atoms with Gasteiger partial charge in [-0.1, -0.05) is 48.5 Å². The molecule has 4 nitrogen and oxygen atoms in total. The zero-order valence-electron chi connectivity index (χ0n) is 15.3.